The van der Waals surface area contributed by atoms with Gasteiger partial charge in [0.2, 0.25) is 0 Å². The molecule has 0 bridgehead atoms. The summed E-state index contributed by atoms with van der Waals surface area (Å²) in [6, 6.07) is 4.42. The quantitative estimate of drug-likeness (QED) is 0.817. The molecule has 2 N–H and O–H groups in total. The molecule has 0 aliphatic carbocycles. The number of hydrogen-bond acceptors (Lipinski definition) is 3. The Kier molecular flexibility index (Phi) is 3.24. The van der Waals surface area contributed by atoms with E-state index in [-0.39, 0.29) is 17.2 Å². The molecule has 1 heterocycles. The monoisotopic (exact) mass is 266 g/mol. The Hall–Kier alpha value is -2.02. The number of nitrogens with two attached hydrogens (primary N) is 1. The van der Waals surface area contributed by atoms with Crippen molar-refractivity contribution < 1.29 is 4.39 Å². The fourth-order valence-corrected chi connectivity index (χ4v) is 1.65. The van der Waals surface area contributed by atoms with Crippen LogP contribution in [-0.4, -0.2) is 19.3 Å². The molecule has 94 valence electrons. The van der Waals surface area contributed by atoms with Crippen molar-refractivity contribution in [2.24, 2.45) is 12.8 Å². The van der Waals surface area contributed by atoms with Crippen molar-refractivity contribution in [3.8, 4) is 0 Å². The van der Waals surface area contributed by atoms with Crippen LogP contribution in [0.5, 0.6) is 0 Å². The van der Waals surface area contributed by atoms with Crippen LogP contribution in [-0.2, 0) is 13.6 Å². The van der Waals surface area contributed by atoms with Gasteiger partial charge in [-0.25, -0.2) is 13.9 Å². The molecule has 7 heteroatoms. The van der Waals surface area contributed by atoms with Gasteiger partial charge in [-0.3, -0.25) is 4.57 Å². The van der Waals surface area contributed by atoms with Gasteiger partial charge < -0.3 is 5.73 Å². The molecule has 0 radical (unpaired) electrons. The molecule has 2 rings (SSSR count). The molecular weight excluding hydrogens is 255 g/mol. The highest BCUT2D eigenvalue weighted by Crippen LogP contribution is 2.11. The van der Waals surface area contributed by atoms with Gasteiger partial charge in [-0.15, -0.1) is 0 Å². The number of benzene rings is 1. The van der Waals surface area contributed by atoms with Crippen molar-refractivity contribution in [1.29, 1.82) is 0 Å². The predicted octanol–water partition coefficient (Wildman–Crippen LogP) is 0.403. The third-order valence-corrected chi connectivity index (χ3v) is 2.78. The fourth-order valence-electron chi connectivity index (χ4n) is 1.52. The summed E-state index contributed by atoms with van der Waals surface area (Å²) in [6.07, 6.45) is 1.38. The maximum absolute atomic E-state index is 13.8. The third kappa shape index (κ3) is 2.30. The standard InChI is InChI=1S/C11H11FN4OS/c1-15-6-14-16(11(15)17)5-8-3-2-7(10(13)18)4-9(8)12/h2-4,6H,5H2,1H3,(H2,13,18). The van der Waals surface area contributed by atoms with Crippen molar-refractivity contribution in [1.82, 2.24) is 14.3 Å². The van der Waals surface area contributed by atoms with Crippen molar-refractivity contribution >= 4 is 17.2 Å². The van der Waals surface area contributed by atoms with E-state index in [0.717, 1.165) is 0 Å². The van der Waals surface area contributed by atoms with Crippen molar-refractivity contribution in [3.63, 3.8) is 0 Å². The summed E-state index contributed by atoms with van der Waals surface area (Å²) < 4.78 is 16.3. The fraction of sp³-hybridized carbons (Fsp3) is 0.182. The van der Waals surface area contributed by atoms with Crippen molar-refractivity contribution in [2.45, 2.75) is 6.54 Å². The summed E-state index contributed by atoms with van der Waals surface area (Å²) in [4.78, 5) is 11.7. The van der Waals surface area contributed by atoms with Crippen LogP contribution in [0.1, 0.15) is 11.1 Å². The first kappa shape index (κ1) is 12.4. The first-order valence-corrected chi connectivity index (χ1v) is 5.56. The van der Waals surface area contributed by atoms with Crippen molar-refractivity contribution in [3.05, 3.63) is 52.0 Å². The molecule has 0 aliphatic heterocycles. The Morgan fingerprint density at radius 1 is 1.56 bits per heavy atom. The molecule has 5 nitrogen and oxygen atoms in total. The van der Waals surface area contributed by atoms with Crippen LogP contribution in [0.25, 0.3) is 0 Å². The van der Waals surface area contributed by atoms with Gasteiger partial charge >= 0.3 is 5.69 Å². The molecule has 0 spiro atoms. The summed E-state index contributed by atoms with van der Waals surface area (Å²) in [6.45, 7) is 0.0725. The lowest BCUT2D eigenvalue weighted by molar-refractivity contribution is 0.575. The van der Waals surface area contributed by atoms with Crippen LogP contribution in [0.15, 0.2) is 29.3 Å². The Labute approximate surface area is 108 Å². The second kappa shape index (κ2) is 4.69. The van der Waals surface area contributed by atoms with E-state index in [0.29, 0.717) is 11.1 Å². The van der Waals surface area contributed by atoms with E-state index < -0.39 is 5.82 Å². The lowest BCUT2D eigenvalue weighted by Gasteiger charge is -2.04. The summed E-state index contributed by atoms with van der Waals surface area (Å²) >= 11 is 4.76. The van der Waals surface area contributed by atoms with E-state index in [1.807, 2.05) is 0 Å². The van der Waals surface area contributed by atoms with Gasteiger partial charge in [0.05, 0.1) is 6.54 Å². The van der Waals surface area contributed by atoms with E-state index in [2.05, 4.69) is 5.10 Å². The van der Waals surface area contributed by atoms with Crippen LogP contribution in [0.2, 0.25) is 0 Å². The van der Waals surface area contributed by atoms with E-state index >= 15 is 0 Å². The number of rotatable bonds is 3. The normalized spacial score (nSPS) is 10.6. The number of nitrogens with zero attached hydrogens (tertiary/aromatic N) is 3. The van der Waals surface area contributed by atoms with Gasteiger partial charge in [0.15, 0.2) is 0 Å². The zero-order valence-electron chi connectivity index (χ0n) is 9.63. The molecule has 0 unspecified atom stereocenters. The highest BCUT2D eigenvalue weighted by molar-refractivity contribution is 7.80. The molecule has 0 saturated carbocycles. The summed E-state index contributed by atoms with van der Waals surface area (Å²) in [5.74, 6) is -0.460. The lowest BCUT2D eigenvalue weighted by atomic mass is 10.1. The molecule has 18 heavy (non-hydrogen) atoms. The van der Waals surface area contributed by atoms with Gasteiger partial charge in [0.25, 0.3) is 0 Å². The number of thiocarbonyl (C=S) groups is 1. The highest BCUT2D eigenvalue weighted by atomic mass is 32.1. The molecule has 1 aromatic heterocycles. The van der Waals surface area contributed by atoms with Crippen LogP contribution in [0, 0.1) is 5.82 Å². The van der Waals surface area contributed by atoms with E-state index in [9.17, 15) is 9.18 Å². The molecule has 0 saturated heterocycles. The first-order valence-electron chi connectivity index (χ1n) is 5.15. The van der Waals surface area contributed by atoms with Gasteiger partial charge in [-0.1, -0.05) is 24.4 Å². The average molecular weight is 266 g/mol. The van der Waals surface area contributed by atoms with E-state index in [1.54, 1.807) is 19.2 Å². The second-order valence-corrected chi connectivity index (χ2v) is 4.29. The number of aryl methyl sites for hydroxylation is 1. The van der Waals surface area contributed by atoms with Crippen LogP contribution < -0.4 is 11.4 Å². The summed E-state index contributed by atoms with van der Waals surface area (Å²) in [7, 11) is 1.58. The Bertz CT molecular complexity index is 661. The Morgan fingerprint density at radius 2 is 2.28 bits per heavy atom. The zero-order valence-corrected chi connectivity index (χ0v) is 10.4. The van der Waals surface area contributed by atoms with Crippen LogP contribution >= 0.6 is 12.2 Å². The van der Waals surface area contributed by atoms with Crippen molar-refractivity contribution in [2.75, 3.05) is 0 Å². The van der Waals surface area contributed by atoms with Gasteiger partial charge in [0, 0.05) is 18.2 Å². The average Bonchev–Trinajstić information content (AvgIpc) is 2.63. The first-order chi connectivity index (χ1) is 8.49. The molecule has 0 atom stereocenters. The number of halogens is 1. The molecular formula is C11H11FN4OS. The summed E-state index contributed by atoms with van der Waals surface area (Å²) in [5, 5.41) is 3.86. The second-order valence-electron chi connectivity index (χ2n) is 3.85. The number of hydrogen-bond donors (Lipinski definition) is 1. The van der Waals surface area contributed by atoms with Gasteiger partial charge in [-0.2, -0.15) is 5.10 Å². The smallest absolute Gasteiger partial charge is 0.345 e. The Morgan fingerprint density at radius 3 is 2.78 bits per heavy atom. The minimum Gasteiger partial charge on any atom is -0.389 e. The molecule has 0 amide bonds. The lowest BCUT2D eigenvalue weighted by Crippen LogP contribution is -2.24. The highest BCUT2D eigenvalue weighted by Gasteiger charge is 2.08. The molecule has 2 aromatic rings. The maximum atomic E-state index is 13.8. The van der Waals surface area contributed by atoms with E-state index in [4.69, 9.17) is 18.0 Å². The number of aromatic nitrogens is 3. The van der Waals surface area contributed by atoms with Crippen LogP contribution in [0.4, 0.5) is 4.39 Å². The summed E-state index contributed by atoms with van der Waals surface area (Å²) in [5.41, 5.74) is 5.92. The predicted molar refractivity (Wildman–Crippen MR) is 68.9 cm³/mol. The van der Waals surface area contributed by atoms with Gasteiger partial charge in [0.1, 0.15) is 17.1 Å². The van der Waals surface area contributed by atoms with Gasteiger partial charge in [-0.05, 0) is 6.07 Å². The van der Waals surface area contributed by atoms with E-state index in [1.165, 1.54) is 21.6 Å². The van der Waals surface area contributed by atoms with Crippen LogP contribution in [0.3, 0.4) is 0 Å². The molecule has 0 fully saturated rings. The largest absolute Gasteiger partial charge is 0.389 e. The minimum atomic E-state index is -0.460. The molecule has 0 aliphatic rings. The minimum absolute atomic E-state index is 0.0725. The molecule has 1 aromatic carbocycles. The topological polar surface area (TPSA) is 65.8 Å². The zero-order chi connectivity index (χ0) is 13.3. The maximum Gasteiger partial charge on any atom is 0.345 e. The SMILES string of the molecule is Cn1cnn(Cc2ccc(C(N)=S)cc2F)c1=O. The Balaban J connectivity index is 2.33. The third-order valence-electron chi connectivity index (χ3n) is 2.54.